The summed E-state index contributed by atoms with van der Waals surface area (Å²) in [6.07, 6.45) is 0. The molecule has 0 saturated carbocycles. The summed E-state index contributed by atoms with van der Waals surface area (Å²) in [7, 11) is 0. The molecule has 0 unspecified atom stereocenters. The lowest BCUT2D eigenvalue weighted by atomic mass is 10.1. The molecule has 4 nitrogen and oxygen atoms in total. The highest BCUT2D eigenvalue weighted by atomic mass is 19.1. The maximum Gasteiger partial charge on any atom is 0.338 e. The second-order valence-electron chi connectivity index (χ2n) is 9.39. The zero-order chi connectivity index (χ0) is 30.8. The molecule has 43 heavy (non-hydrogen) atoms. The summed E-state index contributed by atoms with van der Waals surface area (Å²) in [5, 5.41) is 0. The molecule has 0 atom stereocenters. The number of carbonyl (C=O) groups excluding carboxylic acids is 2. The van der Waals surface area contributed by atoms with Gasteiger partial charge in [0.1, 0.15) is 17.3 Å². The molecule has 5 heteroatoms. The Hall–Kier alpha value is -6.09. The predicted octanol–water partition coefficient (Wildman–Crippen LogP) is 6.99. The number of ether oxygens (including phenoxy) is 2. The highest BCUT2D eigenvalue weighted by Crippen LogP contribution is 2.19. The van der Waals surface area contributed by atoms with E-state index < -0.39 is 17.8 Å². The number of rotatable bonds is 4. The first-order valence-electron chi connectivity index (χ1n) is 13.1. The van der Waals surface area contributed by atoms with Crippen LogP contribution in [0.15, 0.2) is 115 Å². The highest BCUT2D eigenvalue weighted by molar-refractivity contribution is 5.89. The van der Waals surface area contributed by atoms with Crippen LogP contribution in [0.4, 0.5) is 4.39 Å². The topological polar surface area (TPSA) is 52.6 Å². The van der Waals surface area contributed by atoms with Gasteiger partial charge in [-0.05, 0) is 86.6 Å². The Kier molecular flexibility index (Phi) is 9.73. The Morgan fingerprint density at radius 3 is 1.79 bits per heavy atom. The molecule has 0 spiro atoms. The van der Waals surface area contributed by atoms with Gasteiger partial charge in [-0.15, -0.1) is 0 Å². The van der Waals surface area contributed by atoms with Gasteiger partial charge in [-0.2, -0.15) is 0 Å². The van der Waals surface area contributed by atoms with Gasteiger partial charge in [0, 0.05) is 33.4 Å². The monoisotopic (exact) mass is 564 g/mol. The van der Waals surface area contributed by atoms with E-state index in [2.05, 4.69) is 48.7 Å². The molecule has 0 aliphatic rings. The number of hydrogen-bond acceptors (Lipinski definition) is 4. The minimum Gasteiger partial charge on any atom is -0.423 e. The molecule has 0 aliphatic heterocycles. The zero-order valence-electron chi connectivity index (χ0n) is 23.6. The second kappa shape index (κ2) is 14.0. The molecule has 4 aromatic rings. The molecule has 0 amide bonds. The fourth-order valence-corrected chi connectivity index (χ4v) is 3.43. The lowest BCUT2D eigenvalue weighted by Gasteiger charge is -2.05. The number of benzene rings is 4. The first kappa shape index (κ1) is 29.9. The van der Waals surface area contributed by atoms with Crippen LogP contribution in [0.5, 0.6) is 11.5 Å². The van der Waals surface area contributed by atoms with Crippen LogP contribution in [0.3, 0.4) is 0 Å². The van der Waals surface area contributed by atoms with E-state index in [0.717, 1.165) is 5.56 Å². The number of hydrogen-bond donors (Lipinski definition) is 0. The average molecular weight is 565 g/mol. The molecular weight excluding hydrogens is 539 g/mol. The summed E-state index contributed by atoms with van der Waals surface area (Å²) in [5.41, 5.74) is 3.91. The Morgan fingerprint density at radius 1 is 0.581 bits per heavy atom. The van der Waals surface area contributed by atoms with Crippen molar-refractivity contribution in [2.45, 2.75) is 13.8 Å². The van der Waals surface area contributed by atoms with Crippen molar-refractivity contribution < 1.29 is 23.5 Å². The summed E-state index contributed by atoms with van der Waals surface area (Å²) in [5.74, 6) is 16.9. The molecule has 4 aromatic carbocycles. The quantitative estimate of drug-likeness (QED) is 0.116. The van der Waals surface area contributed by atoms with Gasteiger partial charge < -0.3 is 9.47 Å². The normalized spacial score (nSPS) is 9.56. The van der Waals surface area contributed by atoms with Gasteiger partial charge in [0.15, 0.2) is 0 Å². The van der Waals surface area contributed by atoms with E-state index in [4.69, 9.17) is 9.47 Å². The van der Waals surface area contributed by atoms with Crippen LogP contribution < -0.4 is 9.47 Å². The van der Waals surface area contributed by atoms with Crippen molar-refractivity contribution in [3.05, 3.63) is 154 Å². The molecule has 0 saturated heterocycles. The Labute approximate surface area is 250 Å². The van der Waals surface area contributed by atoms with Crippen LogP contribution in [0.1, 0.15) is 47.2 Å². The number of halogens is 1. The van der Waals surface area contributed by atoms with Crippen LogP contribution >= 0.6 is 0 Å². The van der Waals surface area contributed by atoms with Gasteiger partial charge in [-0.1, -0.05) is 66.9 Å². The van der Waals surface area contributed by atoms with Crippen LogP contribution in [0.2, 0.25) is 0 Å². The van der Waals surface area contributed by atoms with Crippen molar-refractivity contribution in [3.63, 3.8) is 0 Å². The average Bonchev–Trinajstić information content (AvgIpc) is 2.99. The molecular formula is C38H25FO4. The molecule has 208 valence electrons. The third-order valence-electron chi connectivity index (χ3n) is 5.72. The van der Waals surface area contributed by atoms with E-state index in [1.54, 1.807) is 80.6 Å². The van der Waals surface area contributed by atoms with Crippen LogP contribution in [0, 0.1) is 41.3 Å². The second-order valence-corrected chi connectivity index (χ2v) is 9.39. The number of carbonyl (C=O) groups is 2. The van der Waals surface area contributed by atoms with Gasteiger partial charge in [0.25, 0.3) is 0 Å². The minimum absolute atomic E-state index is 0.234. The summed E-state index contributed by atoms with van der Waals surface area (Å²) in [6.45, 7) is 10.3. The highest BCUT2D eigenvalue weighted by Gasteiger charge is 2.08. The first-order valence-corrected chi connectivity index (χ1v) is 13.1. The van der Waals surface area contributed by atoms with Gasteiger partial charge in [-0.3, -0.25) is 0 Å². The molecule has 4 rings (SSSR count). The molecule has 0 bridgehead atoms. The number of esters is 2. The van der Waals surface area contributed by atoms with Crippen molar-refractivity contribution in [3.8, 4) is 47.0 Å². The summed E-state index contributed by atoms with van der Waals surface area (Å²) in [4.78, 5) is 23.6. The van der Waals surface area contributed by atoms with Crippen LogP contribution in [0.25, 0.3) is 0 Å². The van der Waals surface area contributed by atoms with Crippen LogP contribution in [-0.4, -0.2) is 11.9 Å². The van der Waals surface area contributed by atoms with Gasteiger partial charge in [0.05, 0.1) is 11.1 Å². The SMILES string of the molecule is C=C(C)C(=O)Oc1cccc(C#Cc2ccc(C#Cc3ccc(C#Cc4ccccc4OC(=O)C(=C)C)cc3F)cc2)c1. The van der Waals surface area contributed by atoms with Crippen molar-refractivity contribution in [2.24, 2.45) is 0 Å². The van der Waals surface area contributed by atoms with E-state index in [1.807, 2.05) is 18.2 Å². The van der Waals surface area contributed by atoms with E-state index >= 15 is 0 Å². The molecule has 0 aliphatic carbocycles. The van der Waals surface area contributed by atoms with E-state index in [1.165, 1.54) is 6.07 Å². The van der Waals surface area contributed by atoms with E-state index in [-0.39, 0.29) is 11.1 Å². The van der Waals surface area contributed by atoms with E-state index in [0.29, 0.717) is 39.3 Å². The van der Waals surface area contributed by atoms with Crippen LogP contribution in [-0.2, 0) is 9.59 Å². The summed E-state index contributed by atoms with van der Waals surface area (Å²) >= 11 is 0. The third kappa shape index (κ3) is 8.70. The van der Waals surface area contributed by atoms with Crippen molar-refractivity contribution >= 4 is 11.9 Å². The van der Waals surface area contributed by atoms with Crippen molar-refractivity contribution in [1.29, 1.82) is 0 Å². The fraction of sp³-hybridized carbons (Fsp3) is 0.0526. The maximum absolute atomic E-state index is 14.8. The van der Waals surface area contributed by atoms with Gasteiger partial charge >= 0.3 is 11.9 Å². The standard InChI is InChI=1S/C38H25FO4/c1-26(2)37(40)42-34-10-7-8-30(24-34)17-16-28-12-14-29(15-13-28)18-21-32-22-19-31(25-35(32)39)20-23-33-9-5-6-11-36(33)43-38(41)27(3)4/h5-15,19,22,24-25H,1,3H2,2,4H3. The Balaban J connectivity index is 1.43. The Bertz CT molecular complexity index is 1930. The molecule has 0 aromatic heterocycles. The Morgan fingerprint density at radius 2 is 1.12 bits per heavy atom. The van der Waals surface area contributed by atoms with Crippen molar-refractivity contribution in [2.75, 3.05) is 0 Å². The predicted molar refractivity (Wildman–Crippen MR) is 165 cm³/mol. The lowest BCUT2D eigenvalue weighted by Crippen LogP contribution is -2.09. The minimum atomic E-state index is -0.545. The first-order chi connectivity index (χ1) is 20.7. The lowest BCUT2D eigenvalue weighted by molar-refractivity contribution is -0.130. The summed E-state index contributed by atoms with van der Waals surface area (Å²) in [6, 6.07) is 25.6. The molecule has 0 heterocycles. The fourth-order valence-electron chi connectivity index (χ4n) is 3.43. The summed E-state index contributed by atoms with van der Waals surface area (Å²) < 4.78 is 25.3. The van der Waals surface area contributed by atoms with Gasteiger partial charge in [-0.25, -0.2) is 14.0 Å². The molecule has 0 N–H and O–H groups in total. The smallest absolute Gasteiger partial charge is 0.338 e. The number of para-hydroxylation sites is 1. The van der Waals surface area contributed by atoms with E-state index in [9.17, 15) is 14.0 Å². The zero-order valence-corrected chi connectivity index (χ0v) is 23.6. The van der Waals surface area contributed by atoms with Gasteiger partial charge in [0.2, 0.25) is 0 Å². The largest absolute Gasteiger partial charge is 0.423 e. The molecule has 0 radical (unpaired) electrons. The maximum atomic E-state index is 14.8. The third-order valence-corrected chi connectivity index (χ3v) is 5.72. The molecule has 0 fully saturated rings. The van der Waals surface area contributed by atoms with Crippen molar-refractivity contribution in [1.82, 2.24) is 0 Å².